The van der Waals surface area contributed by atoms with Gasteiger partial charge in [0, 0.05) is 12.1 Å². The van der Waals surface area contributed by atoms with E-state index in [4.69, 9.17) is 12.2 Å². The van der Waals surface area contributed by atoms with Crippen molar-refractivity contribution < 1.29 is 4.39 Å². The standard InChI is InChI=1S/C14H16BrFN2S/c1-14(2)4-3-8(7-14)18-12-6-10(16)9(15)5-11(12)17-13(18)19/h5-6,8H,3-4,7H2,1-2H3,(H,17,19). The van der Waals surface area contributed by atoms with E-state index in [2.05, 4.69) is 39.3 Å². The molecule has 102 valence electrons. The lowest BCUT2D eigenvalue weighted by molar-refractivity contribution is 0.360. The first-order valence-electron chi connectivity index (χ1n) is 6.47. The van der Waals surface area contributed by atoms with Gasteiger partial charge in [0.2, 0.25) is 0 Å². The lowest BCUT2D eigenvalue weighted by Crippen LogP contribution is -2.09. The van der Waals surface area contributed by atoms with Crippen molar-refractivity contribution in [3.05, 3.63) is 27.2 Å². The molecule has 5 heteroatoms. The second kappa shape index (κ2) is 4.42. The molecule has 1 atom stereocenters. The molecule has 0 saturated heterocycles. The minimum absolute atomic E-state index is 0.243. The molecule has 1 aromatic heterocycles. The molecule has 0 aliphatic heterocycles. The summed E-state index contributed by atoms with van der Waals surface area (Å²) in [4.78, 5) is 3.18. The Bertz CT molecular complexity index is 701. The lowest BCUT2D eigenvalue weighted by Gasteiger charge is -2.18. The van der Waals surface area contributed by atoms with Crippen LogP contribution in [0.2, 0.25) is 0 Å². The predicted molar refractivity (Wildman–Crippen MR) is 81.4 cm³/mol. The van der Waals surface area contributed by atoms with E-state index in [9.17, 15) is 4.39 Å². The van der Waals surface area contributed by atoms with Gasteiger partial charge in [0.05, 0.1) is 15.5 Å². The lowest BCUT2D eigenvalue weighted by atomic mass is 9.92. The fraction of sp³-hybridized carbons (Fsp3) is 0.500. The molecule has 1 aliphatic carbocycles. The highest BCUT2D eigenvalue weighted by Crippen LogP contribution is 2.44. The number of hydrogen-bond acceptors (Lipinski definition) is 1. The first-order chi connectivity index (χ1) is 8.87. The molecular formula is C14H16BrFN2S. The summed E-state index contributed by atoms with van der Waals surface area (Å²) in [5.41, 5.74) is 2.10. The number of fused-ring (bicyclic) bond motifs is 1. The molecule has 1 N–H and O–H groups in total. The van der Waals surface area contributed by atoms with Crippen molar-refractivity contribution >= 4 is 39.2 Å². The van der Waals surface area contributed by atoms with E-state index in [1.165, 1.54) is 6.42 Å². The van der Waals surface area contributed by atoms with Crippen molar-refractivity contribution in [3.8, 4) is 0 Å². The summed E-state index contributed by atoms with van der Waals surface area (Å²) in [6.45, 7) is 4.56. The zero-order chi connectivity index (χ0) is 13.8. The molecule has 1 heterocycles. The van der Waals surface area contributed by atoms with Gasteiger partial charge in [-0.1, -0.05) is 13.8 Å². The molecule has 0 amide bonds. The Morgan fingerprint density at radius 1 is 1.47 bits per heavy atom. The Balaban J connectivity index is 2.16. The number of H-pyrrole nitrogens is 1. The van der Waals surface area contributed by atoms with Crippen LogP contribution >= 0.6 is 28.1 Å². The number of rotatable bonds is 1. The van der Waals surface area contributed by atoms with Gasteiger partial charge < -0.3 is 9.55 Å². The van der Waals surface area contributed by atoms with Crippen LogP contribution in [0.25, 0.3) is 11.0 Å². The summed E-state index contributed by atoms with van der Waals surface area (Å²) < 4.78 is 17.0. The van der Waals surface area contributed by atoms with E-state index in [1.807, 2.05) is 0 Å². The summed E-state index contributed by atoms with van der Waals surface area (Å²) >= 11 is 8.63. The summed E-state index contributed by atoms with van der Waals surface area (Å²) in [5.74, 6) is -0.243. The van der Waals surface area contributed by atoms with Gasteiger partial charge in [-0.3, -0.25) is 0 Å². The monoisotopic (exact) mass is 342 g/mol. The highest BCUT2D eigenvalue weighted by Gasteiger charge is 2.33. The molecule has 0 spiro atoms. The Morgan fingerprint density at radius 2 is 2.21 bits per heavy atom. The van der Waals surface area contributed by atoms with E-state index in [0.29, 0.717) is 20.7 Å². The maximum Gasteiger partial charge on any atom is 0.178 e. The normalized spacial score (nSPS) is 22.2. The van der Waals surface area contributed by atoms with Crippen LogP contribution in [0.5, 0.6) is 0 Å². The highest BCUT2D eigenvalue weighted by atomic mass is 79.9. The summed E-state index contributed by atoms with van der Waals surface area (Å²) in [5, 5.41) is 0. The third kappa shape index (κ3) is 2.27. The van der Waals surface area contributed by atoms with Gasteiger partial charge >= 0.3 is 0 Å². The largest absolute Gasteiger partial charge is 0.331 e. The Labute approximate surface area is 125 Å². The number of benzene rings is 1. The van der Waals surface area contributed by atoms with Gasteiger partial charge in [-0.15, -0.1) is 0 Å². The summed E-state index contributed by atoms with van der Waals surface area (Å²) in [7, 11) is 0. The SMILES string of the molecule is CC1(C)CCC(n2c(=S)[nH]c3cc(Br)c(F)cc32)C1. The number of halogens is 2. The molecule has 19 heavy (non-hydrogen) atoms. The van der Waals surface area contributed by atoms with Crippen LogP contribution in [0.1, 0.15) is 39.2 Å². The van der Waals surface area contributed by atoms with Crippen molar-refractivity contribution in [2.24, 2.45) is 5.41 Å². The van der Waals surface area contributed by atoms with Crippen LogP contribution in [0, 0.1) is 16.0 Å². The maximum absolute atomic E-state index is 13.8. The summed E-state index contributed by atoms with van der Waals surface area (Å²) in [6.07, 6.45) is 3.38. The Hall–Kier alpha value is -0.680. The fourth-order valence-electron chi connectivity index (χ4n) is 3.10. The van der Waals surface area contributed by atoms with Crippen molar-refractivity contribution in [2.45, 2.75) is 39.2 Å². The maximum atomic E-state index is 13.8. The van der Waals surface area contributed by atoms with Gasteiger partial charge in [0.25, 0.3) is 0 Å². The third-order valence-electron chi connectivity index (χ3n) is 4.07. The van der Waals surface area contributed by atoms with Gasteiger partial charge in [-0.2, -0.15) is 0 Å². The van der Waals surface area contributed by atoms with Crippen LogP contribution in [0.3, 0.4) is 0 Å². The van der Waals surface area contributed by atoms with Crippen LogP contribution < -0.4 is 0 Å². The second-order valence-electron chi connectivity index (χ2n) is 6.14. The Morgan fingerprint density at radius 3 is 2.84 bits per heavy atom. The Kier molecular flexibility index (Phi) is 3.09. The molecule has 2 nitrogen and oxygen atoms in total. The van der Waals surface area contributed by atoms with E-state index in [0.717, 1.165) is 23.9 Å². The highest BCUT2D eigenvalue weighted by molar-refractivity contribution is 9.10. The second-order valence-corrected chi connectivity index (χ2v) is 7.39. The smallest absolute Gasteiger partial charge is 0.178 e. The first kappa shape index (κ1) is 13.3. The third-order valence-corrected chi connectivity index (χ3v) is 4.97. The number of nitrogens with one attached hydrogen (secondary N) is 1. The molecule has 1 aliphatic rings. The van der Waals surface area contributed by atoms with Crippen molar-refractivity contribution in [3.63, 3.8) is 0 Å². The minimum Gasteiger partial charge on any atom is -0.331 e. The molecule has 1 aromatic carbocycles. The average molecular weight is 343 g/mol. The zero-order valence-corrected chi connectivity index (χ0v) is 13.4. The van der Waals surface area contributed by atoms with Gasteiger partial charge in [-0.25, -0.2) is 4.39 Å². The molecule has 1 unspecified atom stereocenters. The van der Waals surface area contributed by atoms with E-state index in [-0.39, 0.29) is 5.82 Å². The number of aromatic amines is 1. The van der Waals surface area contributed by atoms with Crippen molar-refractivity contribution in [1.29, 1.82) is 0 Å². The number of hydrogen-bond donors (Lipinski definition) is 1. The van der Waals surface area contributed by atoms with Crippen LogP contribution in [0.4, 0.5) is 4.39 Å². The topological polar surface area (TPSA) is 20.7 Å². The number of imidazole rings is 1. The van der Waals surface area contributed by atoms with Crippen LogP contribution in [-0.4, -0.2) is 9.55 Å². The van der Waals surface area contributed by atoms with Gasteiger partial charge in [0.1, 0.15) is 5.82 Å². The quantitative estimate of drug-likeness (QED) is 0.692. The van der Waals surface area contributed by atoms with E-state index < -0.39 is 0 Å². The number of nitrogens with zero attached hydrogens (tertiary/aromatic N) is 1. The van der Waals surface area contributed by atoms with Crippen LogP contribution in [0.15, 0.2) is 16.6 Å². The van der Waals surface area contributed by atoms with Gasteiger partial charge in [-0.05, 0) is 58.9 Å². The molecule has 1 fully saturated rings. The van der Waals surface area contributed by atoms with Crippen LogP contribution in [-0.2, 0) is 0 Å². The van der Waals surface area contributed by atoms with Crippen molar-refractivity contribution in [1.82, 2.24) is 9.55 Å². The first-order valence-corrected chi connectivity index (χ1v) is 7.67. The number of aromatic nitrogens is 2. The van der Waals surface area contributed by atoms with Gasteiger partial charge in [0.15, 0.2) is 4.77 Å². The molecule has 3 rings (SSSR count). The predicted octanol–water partition coefficient (Wildman–Crippen LogP) is 5.35. The molecule has 0 radical (unpaired) electrons. The molecule has 0 bridgehead atoms. The zero-order valence-electron chi connectivity index (χ0n) is 11.0. The van der Waals surface area contributed by atoms with E-state index >= 15 is 0 Å². The van der Waals surface area contributed by atoms with E-state index in [1.54, 1.807) is 12.1 Å². The average Bonchev–Trinajstić information content (AvgIpc) is 2.79. The molecule has 2 aromatic rings. The van der Waals surface area contributed by atoms with Crippen molar-refractivity contribution in [2.75, 3.05) is 0 Å². The molecule has 1 saturated carbocycles. The summed E-state index contributed by atoms with van der Waals surface area (Å²) in [6, 6.07) is 3.70. The fourth-order valence-corrected chi connectivity index (χ4v) is 3.80. The minimum atomic E-state index is -0.243. The molecular weight excluding hydrogens is 327 g/mol.